The Morgan fingerprint density at radius 3 is 2.33 bits per heavy atom. The van der Waals surface area contributed by atoms with Crippen molar-refractivity contribution < 1.29 is 14.3 Å². The van der Waals surface area contributed by atoms with Gasteiger partial charge in [-0.05, 0) is 18.4 Å². The predicted octanol–water partition coefficient (Wildman–Crippen LogP) is 1.31. The quantitative estimate of drug-likeness (QED) is 0.828. The van der Waals surface area contributed by atoms with Gasteiger partial charge in [0.1, 0.15) is 10.6 Å². The van der Waals surface area contributed by atoms with Crippen LogP contribution in [0.15, 0.2) is 11.4 Å². The summed E-state index contributed by atoms with van der Waals surface area (Å²) >= 11 is 1.31. The first kappa shape index (κ1) is 14.5. The molecule has 0 aliphatic carbocycles. The van der Waals surface area contributed by atoms with E-state index in [4.69, 9.17) is 4.74 Å². The fraction of sp³-hybridized carbons (Fsp3) is 0.500. The van der Waals surface area contributed by atoms with Gasteiger partial charge in [0.2, 0.25) is 0 Å². The molecular weight excluding hydrogens is 252 g/mol. The first-order valence-electron chi connectivity index (χ1n) is 5.51. The van der Waals surface area contributed by atoms with Crippen molar-refractivity contribution >= 4 is 23.2 Å². The molecule has 0 radical (unpaired) electrons. The molecule has 0 fully saturated rings. The van der Waals surface area contributed by atoms with E-state index < -0.39 is 6.10 Å². The number of hydrogen-bond acceptors (Lipinski definition) is 4. The maximum absolute atomic E-state index is 11.9. The Morgan fingerprint density at radius 2 is 1.83 bits per heavy atom. The molecule has 1 aromatic heterocycles. The number of nitrogens with zero attached hydrogens (tertiary/aromatic N) is 2. The van der Waals surface area contributed by atoms with E-state index in [1.807, 2.05) is 0 Å². The third-order valence-corrected chi connectivity index (χ3v) is 3.21. The molecule has 1 unspecified atom stereocenters. The van der Waals surface area contributed by atoms with Gasteiger partial charge >= 0.3 is 0 Å². The topological polar surface area (TPSA) is 49.9 Å². The highest BCUT2D eigenvalue weighted by molar-refractivity contribution is 7.12. The smallest absolute Gasteiger partial charge is 0.267 e. The fourth-order valence-electron chi connectivity index (χ4n) is 1.35. The summed E-state index contributed by atoms with van der Waals surface area (Å²) in [5, 5.41) is 1.78. The van der Waals surface area contributed by atoms with Crippen molar-refractivity contribution in [3.63, 3.8) is 0 Å². The summed E-state index contributed by atoms with van der Waals surface area (Å²) in [6.07, 6.45) is -0.608. The summed E-state index contributed by atoms with van der Waals surface area (Å²) in [6.45, 7) is 1.67. The Hall–Kier alpha value is -1.56. The molecule has 1 heterocycles. The number of carbonyl (C=O) groups excluding carboxylic acids is 2. The average molecular weight is 270 g/mol. The molecule has 1 aromatic rings. The van der Waals surface area contributed by atoms with Crippen molar-refractivity contribution in [2.45, 2.75) is 13.0 Å². The molecule has 0 saturated heterocycles. The molecule has 1 rings (SSSR count). The van der Waals surface area contributed by atoms with Crippen LogP contribution < -0.4 is 4.74 Å². The number of carbonyl (C=O) groups is 2. The molecule has 5 nitrogen and oxygen atoms in total. The lowest BCUT2D eigenvalue weighted by molar-refractivity contribution is -0.135. The molecule has 2 amide bonds. The summed E-state index contributed by atoms with van der Waals surface area (Å²) in [5.41, 5.74) is 0. The minimum Gasteiger partial charge on any atom is -0.479 e. The summed E-state index contributed by atoms with van der Waals surface area (Å²) in [4.78, 5) is 27.0. The van der Waals surface area contributed by atoms with Gasteiger partial charge < -0.3 is 14.5 Å². The summed E-state index contributed by atoms with van der Waals surface area (Å²) in [7, 11) is 6.70. The van der Waals surface area contributed by atoms with Crippen LogP contribution in [0.5, 0.6) is 5.75 Å². The van der Waals surface area contributed by atoms with E-state index in [0.29, 0.717) is 10.6 Å². The van der Waals surface area contributed by atoms with Gasteiger partial charge in [0.05, 0.1) is 0 Å². The normalized spacial score (nSPS) is 11.8. The van der Waals surface area contributed by atoms with Crippen molar-refractivity contribution in [3.05, 3.63) is 16.3 Å². The van der Waals surface area contributed by atoms with Crippen LogP contribution in [0.4, 0.5) is 0 Å². The van der Waals surface area contributed by atoms with E-state index in [1.54, 1.807) is 46.6 Å². The van der Waals surface area contributed by atoms with Crippen molar-refractivity contribution in [1.29, 1.82) is 0 Å². The molecule has 0 aliphatic heterocycles. The summed E-state index contributed by atoms with van der Waals surface area (Å²) in [6, 6.07) is 1.71. The van der Waals surface area contributed by atoms with E-state index in [1.165, 1.54) is 21.1 Å². The largest absolute Gasteiger partial charge is 0.479 e. The minimum absolute atomic E-state index is 0.121. The molecular formula is C12H18N2O3S. The zero-order chi connectivity index (χ0) is 13.9. The summed E-state index contributed by atoms with van der Waals surface area (Å²) < 4.78 is 5.55. The van der Waals surface area contributed by atoms with E-state index in [0.717, 1.165) is 0 Å². The zero-order valence-corrected chi connectivity index (χ0v) is 12.1. The van der Waals surface area contributed by atoms with Crippen molar-refractivity contribution in [2.24, 2.45) is 0 Å². The number of hydrogen-bond donors (Lipinski definition) is 0. The molecule has 0 aliphatic rings. The highest BCUT2D eigenvalue weighted by Crippen LogP contribution is 2.27. The second-order valence-corrected chi connectivity index (χ2v) is 5.22. The molecule has 0 aromatic carbocycles. The average Bonchev–Trinajstić information content (AvgIpc) is 2.74. The number of thiophene rings is 1. The number of rotatable bonds is 4. The highest BCUT2D eigenvalue weighted by Gasteiger charge is 2.21. The first-order valence-corrected chi connectivity index (χ1v) is 6.39. The Labute approximate surface area is 111 Å². The van der Waals surface area contributed by atoms with Crippen LogP contribution in [0, 0.1) is 0 Å². The van der Waals surface area contributed by atoms with Crippen LogP contribution in [0.3, 0.4) is 0 Å². The second-order valence-electron chi connectivity index (χ2n) is 4.31. The number of ether oxygens (including phenoxy) is 1. The van der Waals surface area contributed by atoms with E-state index in [9.17, 15) is 9.59 Å². The van der Waals surface area contributed by atoms with Crippen LogP contribution in [-0.2, 0) is 4.79 Å². The highest BCUT2D eigenvalue weighted by atomic mass is 32.1. The minimum atomic E-state index is -0.608. The number of likely N-dealkylation sites (N-methyl/N-ethyl adjacent to an activating group) is 1. The van der Waals surface area contributed by atoms with Gasteiger partial charge in [-0.25, -0.2) is 0 Å². The van der Waals surface area contributed by atoms with Crippen LogP contribution in [0.1, 0.15) is 16.6 Å². The maximum Gasteiger partial charge on any atom is 0.267 e. The lowest BCUT2D eigenvalue weighted by Gasteiger charge is -2.18. The van der Waals surface area contributed by atoms with Gasteiger partial charge in [0.25, 0.3) is 11.8 Å². The van der Waals surface area contributed by atoms with Gasteiger partial charge in [-0.1, -0.05) is 0 Å². The second kappa shape index (κ2) is 5.86. The molecule has 1 atom stereocenters. The monoisotopic (exact) mass is 270 g/mol. The van der Waals surface area contributed by atoms with Crippen molar-refractivity contribution in [1.82, 2.24) is 9.80 Å². The predicted molar refractivity (Wildman–Crippen MR) is 71.1 cm³/mol. The van der Waals surface area contributed by atoms with Gasteiger partial charge in [-0.15, -0.1) is 11.3 Å². The first-order chi connectivity index (χ1) is 8.34. The van der Waals surface area contributed by atoms with Gasteiger partial charge in [0, 0.05) is 28.2 Å². The lowest BCUT2D eigenvalue weighted by Crippen LogP contribution is -2.35. The Bertz CT molecular complexity index is 440. The summed E-state index contributed by atoms with van der Waals surface area (Å²) in [5.74, 6) is 0.204. The van der Waals surface area contributed by atoms with E-state index in [2.05, 4.69) is 0 Å². The molecule has 0 bridgehead atoms. The van der Waals surface area contributed by atoms with Crippen LogP contribution in [0.2, 0.25) is 0 Å². The van der Waals surface area contributed by atoms with E-state index >= 15 is 0 Å². The van der Waals surface area contributed by atoms with Crippen molar-refractivity contribution in [3.8, 4) is 5.75 Å². The van der Waals surface area contributed by atoms with Gasteiger partial charge in [-0.3, -0.25) is 9.59 Å². The van der Waals surface area contributed by atoms with Crippen LogP contribution >= 0.6 is 11.3 Å². The van der Waals surface area contributed by atoms with Crippen molar-refractivity contribution in [2.75, 3.05) is 28.2 Å². The SMILES string of the molecule is CC(Oc1ccsc1C(=O)N(C)C)C(=O)N(C)C. The Kier molecular flexibility index (Phi) is 4.72. The molecule has 6 heteroatoms. The van der Waals surface area contributed by atoms with Crippen LogP contribution in [0.25, 0.3) is 0 Å². The maximum atomic E-state index is 11.9. The standard InChI is InChI=1S/C12H18N2O3S/c1-8(11(15)13(2)3)17-9-6-7-18-10(9)12(16)14(4)5/h6-8H,1-5H3. The Balaban J connectivity index is 2.83. The number of amides is 2. The lowest BCUT2D eigenvalue weighted by atomic mass is 10.3. The van der Waals surface area contributed by atoms with Gasteiger partial charge in [0.15, 0.2) is 6.10 Å². The molecule has 0 saturated carbocycles. The third kappa shape index (κ3) is 3.22. The Morgan fingerprint density at radius 1 is 1.22 bits per heavy atom. The fourth-order valence-corrected chi connectivity index (χ4v) is 2.20. The van der Waals surface area contributed by atoms with Gasteiger partial charge in [-0.2, -0.15) is 0 Å². The molecule has 100 valence electrons. The zero-order valence-electron chi connectivity index (χ0n) is 11.3. The van der Waals surface area contributed by atoms with Crippen LogP contribution in [-0.4, -0.2) is 55.9 Å². The molecule has 18 heavy (non-hydrogen) atoms. The molecule has 0 N–H and O–H groups in total. The third-order valence-electron chi connectivity index (χ3n) is 2.32. The van der Waals surface area contributed by atoms with E-state index in [-0.39, 0.29) is 11.8 Å². The molecule has 0 spiro atoms.